The van der Waals surface area contributed by atoms with Gasteiger partial charge in [0, 0.05) is 16.2 Å². The number of ether oxygens (including phenoxy) is 1. The van der Waals surface area contributed by atoms with Crippen molar-refractivity contribution in [3.8, 4) is 22.3 Å². The zero-order valence-corrected chi connectivity index (χ0v) is 20.3. The molecule has 2 aliphatic carbocycles. The minimum atomic E-state index is -0.495. The number of aliphatic hydroxyl groups is 2. The van der Waals surface area contributed by atoms with Gasteiger partial charge in [-0.25, -0.2) is 0 Å². The minimum Gasteiger partial charge on any atom is -0.395 e. The Labute approximate surface area is 212 Å². The summed E-state index contributed by atoms with van der Waals surface area (Å²) in [5.41, 5.74) is 8.48. The van der Waals surface area contributed by atoms with E-state index in [2.05, 4.69) is 97.1 Å². The first kappa shape index (κ1) is 22.0. The third-order valence-electron chi connectivity index (χ3n) is 9.06. The van der Waals surface area contributed by atoms with Crippen LogP contribution in [-0.2, 0) is 15.6 Å². The van der Waals surface area contributed by atoms with Gasteiger partial charge in [-0.1, -0.05) is 97.1 Å². The Morgan fingerprint density at radius 3 is 1.06 bits per heavy atom. The molecule has 1 saturated heterocycles. The molecule has 0 saturated carbocycles. The van der Waals surface area contributed by atoms with Crippen LogP contribution in [0.2, 0.25) is 0 Å². The van der Waals surface area contributed by atoms with Gasteiger partial charge in [0.1, 0.15) is 0 Å². The van der Waals surface area contributed by atoms with Crippen LogP contribution in [0.1, 0.15) is 35.1 Å². The topological polar surface area (TPSA) is 49.7 Å². The molecule has 0 amide bonds. The molecule has 3 aliphatic rings. The van der Waals surface area contributed by atoms with E-state index in [4.69, 9.17) is 4.74 Å². The predicted octanol–water partition coefficient (Wildman–Crippen LogP) is 5.70. The average Bonchev–Trinajstić information content (AvgIpc) is 3.36. The molecule has 180 valence electrons. The van der Waals surface area contributed by atoms with Crippen LogP contribution in [0, 0.1) is 5.41 Å². The molecule has 0 bridgehead atoms. The van der Waals surface area contributed by atoms with E-state index in [1.807, 2.05) is 0 Å². The van der Waals surface area contributed by atoms with Gasteiger partial charge in [0.2, 0.25) is 0 Å². The summed E-state index contributed by atoms with van der Waals surface area (Å²) in [6, 6.07) is 34.1. The van der Waals surface area contributed by atoms with Crippen molar-refractivity contribution in [2.24, 2.45) is 5.41 Å². The second-order valence-electron chi connectivity index (χ2n) is 11.0. The van der Waals surface area contributed by atoms with Gasteiger partial charge in [0.25, 0.3) is 0 Å². The van der Waals surface area contributed by atoms with Crippen LogP contribution in [0.25, 0.3) is 22.3 Å². The number of benzene rings is 4. The standard InChI is InChI=1S/C33H30O3/c34-19-32(27-13-5-1-9-23(27)24-10-2-6-14-28(24)32)17-31(21-36-22-31)18-33(20-35)29-15-7-3-11-25(29)26-12-4-8-16-30(26)33/h1-16,34-35H,17-22H2. The SMILES string of the molecule is OCC1(CC2(CC3(CO)c4ccccc4-c4ccccc43)COC2)c2ccccc2-c2ccccc21. The van der Waals surface area contributed by atoms with Gasteiger partial charge in [0.15, 0.2) is 0 Å². The van der Waals surface area contributed by atoms with Gasteiger partial charge in [-0.05, 0) is 57.3 Å². The summed E-state index contributed by atoms with van der Waals surface area (Å²) in [6.07, 6.45) is 1.55. The maximum Gasteiger partial charge on any atom is 0.0569 e. The molecule has 0 spiro atoms. The van der Waals surface area contributed by atoms with E-state index in [1.165, 1.54) is 44.5 Å². The maximum atomic E-state index is 11.1. The Morgan fingerprint density at radius 1 is 0.500 bits per heavy atom. The lowest BCUT2D eigenvalue weighted by molar-refractivity contribution is -0.141. The first-order valence-electron chi connectivity index (χ1n) is 12.8. The van der Waals surface area contributed by atoms with Gasteiger partial charge < -0.3 is 14.9 Å². The predicted molar refractivity (Wildman–Crippen MR) is 142 cm³/mol. The van der Waals surface area contributed by atoms with Crippen LogP contribution in [0.3, 0.4) is 0 Å². The highest BCUT2D eigenvalue weighted by Gasteiger charge is 2.56. The van der Waals surface area contributed by atoms with Crippen molar-refractivity contribution < 1.29 is 14.9 Å². The van der Waals surface area contributed by atoms with Gasteiger partial charge in [-0.15, -0.1) is 0 Å². The molecule has 0 aromatic heterocycles. The van der Waals surface area contributed by atoms with Crippen molar-refractivity contribution in [1.82, 2.24) is 0 Å². The van der Waals surface area contributed by atoms with E-state index in [0.717, 1.165) is 12.8 Å². The van der Waals surface area contributed by atoms with Crippen LogP contribution in [0.5, 0.6) is 0 Å². The molecule has 1 fully saturated rings. The molecule has 0 radical (unpaired) electrons. The number of hydrogen-bond acceptors (Lipinski definition) is 3. The van der Waals surface area contributed by atoms with Gasteiger partial charge >= 0.3 is 0 Å². The summed E-state index contributed by atoms with van der Waals surface area (Å²) in [5, 5.41) is 22.2. The van der Waals surface area contributed by atoms with Crippen molar-refractivity contribution in [3.05, 3.63) is 119 Å². The Hall–Kier alpha value is -3.24. The van der Waals surface area contributed by atoms with E-state index in [9.17, 15) is 10.2 Å². The summed E-state index contributed by atoms with van der Waals surface area (Å²) >= 11 is 0. The quantitative estimate of drug-likeness (QED) is 0.377. The fraction of sp³-hybridized carbons (Fsp3) is 0.273. The normalized spacial score (nSPS) is 19.1. The molecule has 3 heteroatoms. The van der Waals surface area contributed by atoms with Gasteiger partial charge in [-0.2, -0.15) is 0 Å². The van der Waals surface area contributed by atoms with Crippen molar-refractivity contribution >= 4 is 0 Å². The van der Waals surface area contributed by atoms with Crippen molar-refractivity contribution in [1.29, 1.82) is 0 Å². The molecule has 1 heterocycles. The highest BCUT2D eigenvalue weighted by atomic mass is 16.5. The molecule has 0 unspecified atom stereocenters. The van der Waals surface area contributed by atoms with E-state index in [1.54, 1.807) is 0 Å². The summed E-state index contributed by atoms with van der Waals surface area (Å²) in [6.45, 7) is 1.35. The molecule has 4 aromatic carbocycles. The van der Waals surface area contributed by atoms with Crippen LogP contribution >= 0.6 is 0 Å². The molecule has 1 aliphatic heterocycles. The largest absolute Gasteiger partial charge is 0.395 e. The highest BCUT2D eigenvalue weighted by molar-refractivity contribution is 5.82. The molecule has 36 heavy (non-hydrogen) atoms. The second-order valence-corrected chi connectivity index (χ2v) is 11.0. The van der Waals surface area contributed by atoms with E-state index >= 15 is 0 Å². The Bertz CT molecular complexity index is 1270. The lowest BCUT2D eigenvalue weighted by atomic mass is 9.59. The molecule has 0 atom stereocenters. The molecule has 7 rings (SSSR count). The van der Waals surface area contributed by atoms with Crippen LogP contribution < -0.4 is 0 Å². The molecular weight excluding hydrogens is 444 g/mol. The summed E-state index contributed by atoms with van der Waals surface area (Å²) < 4.78 is 5.93. The van der Waals surface area contributed by atoms with Gasteiger partial charge in [0.05, 0.1) is 26.4 Å². The number of hydrogen-bond donors (Lipinski definition) is 2. The first-order chi connectivity index (χ1) is 17.7. The molecule has 2 N–H and O–H groups in total. The monoisotopic (exact) mass is 474 g/mol. The third kappa shape index (κ3) is 2.79. The smallest absolute Gasteiger partial charge is 0.0569 e. The average molecular weight is 475 g/mol. The number of aliphatic hydroxyl groups excluding tert-OH is 2. The van der Waals surface area contributed by atoms with Gasteiger partial charge in [-0.3, -0.25) is 0 Å². The zero-order valence-electron chi connectivity index (χ0n) is 20.3. The number of rotatable bonds is 6. The summed E-state index contributed by atoms with van der Waals surface area (Å²) in [7, 11) is 0. The van der Waals surface area contributed by atoms with Crippen LogP contribution in [0.15, 0.2) is 97.1 Å². The fourth-order valence-corrected chi connectivity index (χ4v) is 7.60. The Balaban J connectivity index is 1.37. The minimum absolute atomic E-state index is 0.0437. The zero-order chi connectivity index (χ0) is 24.4. The van der Waals surface area contributed by atoms with Crippen molar-refractivity contribution in [2.75, 3.05) is 26.4 Å². The lowest BCUT2D eigenvalue weighted by Gasteiger charge is -2.51. The Kier molecular flexibility index (Phi) is 4.81. The molecule has 3 nitrogen and oxygen atoms in total. The third-order valence-corrected chi connectivity index (χ3v) is 9.06. The molecule has 4 aromatic rings. The second kappa shape index (κ2) is 7.88. The summed E-state index contributed by atoms with van der Waals surface area (Å²) in [5.74, 6) is 0. The van der Waals surface area contributed by atoms with Crippen LogP contribution in [0.4, 0.5) is 0 Å². The highest BCUT2D eigenvalue weighted by Crippen LogP contribution is 2.60. The fourth-order valence-electron chi connectivity index (χ4n) is 7.60. The van der Waals surface area contributed by atoms with Crippen molar-refractivity contribution in [2.45, 2.75) is 23.7 Å². The van der Waals surface area contributed by atoms with E-state index in [0.29, 0.717) is 13.2 Å². The molecular formula is C33H30O3. The number of fused-ring (bicyclic) bond motifs is 6. The van der Waals surface area contributed by atoms with E-state index < -0.39 is 10.8 Å². The Morgan fingerprint density at radius 2 is 0.806 bits per heavy atom. The van der Waals surface area contributed by atoms with E-state index in [-0.39, 0.29) is 18.6 Å². The summed E-state index contributed by atoms with van der Waals surface area (Å²) in [4.78, 5) is 0. The maximum absolute atomic E-state index is 11.1. The van der Waals surface area contributed by atoms with Crippen LogP contribution in [-0.4, -0.2) is 36.6 Å². The first-order valence-corrected chi connectivity index (χ1v) is 12.8. The van der Waals surface area contributed by atoms with Crippen molar-refractivity contribution in [3.63, 3.8) is 0 Å². The lowest BCUT2D eigenvalue weighted by Crippen LogP contribution is -2.53.